The molecule has 1 aromatic rings. The number of hydrogen-bond donors (Lipinski definition) is 1. The van der Waals surface area contributed by atoms with Gasteiger partial charge in [-0.2, -0.15) is 0 Å². The molecule has 0 bridgehead atoms. The molecule has 1 aliphatic rings. The Hall–Kier alpha value is -1.39. The molecule has 0 saturated carbocycles. The van der Waals surface area contributed by atoms with Crippen molar-refractivity contribution in [2.75, 3.05) is 26.8 Å². The SMILES string of the molecule is Cc1ccc(C(C(=O)O)N(C)CC2CCOCC2)cc1C. The van der Waals surface area contributed by atoms with E-state index in [2.05, 4.69) is 0 Å². The molecular formula is C17H25NO3. The van der Waals surface area contributed by atoms with E-state index in [1.165, 1.54) is 5.56 Å². The van der Waals surface area contributed by atoms with Crippen LogP contribution in [0.2, 0.25) is 0 Å². The number of rotatable bonds is 5. The fourth-order valence-corrected chi connectivity index (χ4v) is 2.96. The van der Waals surface area contributed by atoms with E-state index >= 15 is 0 Å². The summed E-state index contributed by atoms with van der Waals surface area (Å²) in [6.45, 7) is 6.45. The van der Waals surface area contributed by atoms with E-state index in [4.69, 9.17) is 4.74 Å². The monoisotopic (exact) mass is 291 g/mol. The van der Waals surface area contributed by atoms with Gasteiger partial charge in [-0.1, -0.05) is 18.2 Å². The normalized spacial score (nSPS) is 17.9. The summed E-state index contributed by atoms with van der Waals surface area (Å²) in [7, 11) is 1.91. The molecule has 0 aromatic heterocycles. The Morgan fingerprint density at radius 1 is 1.33 bits per heavy atom. The Morgan fingerprint density at radius 2 is 2.00 bits per heavy atom. The number of likely N-dealkylation sites (N-methyl/N-ethyl adjacent to an activating group) is 1. The van der Waals surface area contributed by atoms with Crippen LogP contribution in [0.3, 0.4) is 0 Å². The minimum absolute atomic E-state index is 0.525. The number of carboxylic acids is 1. The first-order valence-electron chi connectivity index (χ1n) is 7.57. The van der Waals surface area contributed by atoms with Crippen LogP contribution in [0.25, 0.3) is 0 Å². The molecule has 1 aromatic carbocycles. The van der Waals surface area contributed by atoms with Gasteiger partial charge in [-0.05, 0) is 56.3 Å². The number of benzene rings is 1. The van der Waals surface area contributed by atoms with E-state index < -0.39 is 12.0 Å². The molecule has 1 saturated heterocycles. The first-order chi connectivity index (χ1) is 9.99. The topological polar surface area (TPSA) is 49.8 Å². The van der Waals surface area contributed by atoms with Crippen LogP contribution in [0.4, 0.5) is 0 Å². The van der Waals surface area contributed by atoms with Gasteiger partial charge in [0, 0.05) is 19.8 Å². The van der Waals surface area contributed by atoms with Gasteiger partial charge in [-0.15, -0.1) is 0 Å². The predicted molar refractivity (Wildman–Crippen MR) is 82.5 cm³/mol. The van der Waals surface area contributed by atoms with Crippen molar-refractivity contribution < 1.29 is 14.6 Å². The summed E-state index contributed by atoms with van der Waals surface area (Å²) < 4.78 is 5.37. The average molecular weight is 291 g/mol. The van der Waals surface area contributed by atoms with Crippen molar-refractivity contribution >= 4 is 5.97 Å². The molecule has 0 aliphatic carbocycles. The highest BCUT2D eigenvalue weighted by atomic mass is 16.5. The molecule has 1 atom stereocenters. The number of carbonyl (C=O) groups is 1. The first kappa shape index (κ1) is 16.0. The molecule has 1 unspecified atom stereocenters. The van der Waals surface area contributed by atoms with Gasteiger partial charge in [-0.25, -0.2) is 0 Å². The third-order valence-corrected chi connectivity index (χ3v) is 4.41. The van der Waals surface area contributed by atoms with Crippen molar-refractivity contribution in [3.05, 3.63) is 34.9 Å². The van der Waals surface area contributed by atoms with Gasteiger partial charge >= 0.3 is 5.97 Å². The summed E-state index contributed by atoms with van der Waals surface area (Å²) in [5.74, 6) is -0.259. The molecular weight excluding hydrogens is 266 g/mol. The fraction of sp³-hybridized carbons (Fsp3) is 0.588. The lowest BCUT2D eigenvalue weighted by Crippen LogP contribution is -2.36. The number of carboxylic acid groups (broad SMARTS) is 1. The molecule has 4 nitrogen and oxygen atoms in total. The van der Waals surface area contributed by atoms with Crippen LogP contribution in [-0.2, 0) is 9.53 Å². The van der Waals surface area contributed by atoms with Gasteiger partial charge < -0.3 is 9.84 Å². The summed E-state index contributed by atoms with van der Waals surface area (Å²) in [5.41, 5.74) is 3.19. The van der Waals surface area contributed by atoms with Crippen LogP contribution in [0.5, 0.6) is 0 Å². The average Bonchev–Trinajstić information content (AvgIpc) is 2.43. The zero-order valence-electron chi connectivity index (χ0n) is 13.1. The maximum Gasteiger partial charge on any atom is 0.325 e. The lowest BCUT2D eigenvalue weighted by molar-refractivity contribution is -0.143. The van der Waals surface area contributed by atoms with Crippen molar-refractivity contribution in [2.24, 2.45) is 5.92 Å². The fourth-order valence-electron chi connectivity index (χ4n) is 2.96. The zero-order chi connectivity index (χ0) is 15.4. The summed E-state index contributed by atoms with van der Waals surface area (Å²) in [5, 5.41) is 9.62. The highest BCUT2D eigenvalue weighted by Crippen LogP contribution is 2.25. The molecule has 21 heavy (non-hydrogen) atoms. The number of aryl methyl sites for hydroxylation is 2. The van der Waals surface area contributed by atoms with E-state index in [-0.39, 0.29) is 0 Å². The quantitative estimate of drug-likeness (QED) is 0.906. The standard InChI is InChI=1S/C17H25NO3/c1-12-4-5-15(10-13(12)2)16(17(19)20)18(3)11-14-6-8-21-9-7-14/h4-5,10,14,16H,6-9,11H2,1-3H3,(H,19,20). The van der Waals surface area contributed by atoms with Crippen molar-refractivity contribution in [2.45, 2.75) is 32.7 Å². The number of aliphatic carboxylic acids is 1. The van der Waals surface area contributed by atoms with Gasteiger partial charge in [0.15, 0.2) is 0 Å². The van der Waals surface area contributed by atoms with Gasteiger partial charge in [0.05, 0.1) is 0 Å². The summed E-state index contributed by atoms with van der Waals surface area (Å²) in [4.78, 5) is 13.7. The molecule has 1 fully saturated rings. The highest BCUT2D eigenvalue weighted by molar-refractivity contribution is 5.75. The minimum Gasteiger partial charge on any atom is -0.480 e. The first-order valence-corrected chi connectivity index (χ1v) is 7.57. The van der Waals surface area contributed by atoms with E-state index in [9.17, 15) is 9.90 Å². The number of nitrogens with zero attached hydrogens (tertiary/aromatic N) is 1. The maximum absolute atomic E-state index is 11.7. The van der Waals surface area contributed by atoms with Crippen LogP contribution >= 0.6 is 0 Å². The van der Waals surface area contributed by atoms with Gasteiger partial charge in [0.1, 0.15) is 6.04 Å². The molecule has 1 heterocycles. The summed E-state index contributed by atoms with van der Waals surface area (Å²) >= 11 is 0. The van der Waals surface area contributed by atoms with E-state index in [0.717, 1.165) is 43.7 Å². The second-order valence-corrected chi connectivity index (χ2v) is 6.08. The van der Waals surface area contributed by atoms with Crippen LogP contribution in [0.15, 0.2) is 18.2 Å². The minimum atomic E-state index is -0.784. The van der Waals surface area contributed by atoms with E-state index in [0.29, 0.717) is 5.92 Å². The third-order valence-electron chi connectivity index (χ3n) is 4.41. The molecule has 0 radical (unpaired) electrons. The second kappa shape index (κ2) is 7.05. The van der Waals surface area contributed by atoms with Gasteiger partial charge in [-0.3, -0.25) is 9.69 Å². The molecule has 2 rings (SSSR count). The summed E-state index contributed by atoms with van der Waals surface area (Å²) in [6, 6.07) is 5.35. The predicted octanol–water partition coefficient (Wildman–Crippen LogP) is 2.79. The lowest BCUT2D eigenvalue weighted by atomic mass is 9.96. The summed E-state index contributed by atoms with van der Waals surface area (Å²) in [6.07, 6.45) is 2.03. The van der Waals surface area contributed by atoms with Gasteiger partial charge in [0.25, 0.3) is 0 Å². The van der Waals surface area contributed by atoms with Crippen molar-refractivity contribution in [3.63, 3.8) is 0 Å². The van der Waals surface area contributed by atoms with Crippen LogP contribution in [-0.4, -0.2) is 42.8 Å². The van der Waals surface area contributed by atoms with Crippen molar-refractivity contribution in [1.29, 1.82) is 0 Å². The molecule has 4 heteroatoms. The van der Waals surface area contributed by atoms with Crippen LogP contribution in [0, 0.1) is 19.8 Å². The molecule has 116 valence electrons. The van der Waals surface area contributed by atoms with E-state index in [1.807, 2.05) is 44.0 Å². The molecule has 1 N–H and O–H groups in total. The lowest BCUT2D eigenvalue weighted by Gasteiger charge is -2.31. The Labute approximate surface area is 126 Å². The van der Waals surface area contributed by atoms with E-state index in [1.54, 1.807) is 0 Å². The smallest absolute Gasteiger partial charge is 0.325 e. The molecule has 1 aliphatic heterocycles. The Morgan fingerprint density at radius 3 is 2.57 bits per heavy atom. The largest absolute Gasteiger partial charge is 0.480 e. The maximum atomic E-state index is 11.7. The Kier molecular flexibility index (Phi) is 5.37. The van der Waals surface area contributed by atoms with Crippen molar-refractivity contribution in [3.8, 4) is 0 Å². The Balaban J connectivity index is 2.13. The number of hydrogen-bond acceptors (Lipinski definition) is 3. The van der Waals surface area contributed by atoms with Crippen molar-refractivity contribution in [1.82, 2.24) is 4.90 Å². The molecule has 0 amide bonds. The third kappa shape index (κ3) is 4.05. The highest BCUT2D eigenvalue weighted by Gasteiger charge is 2.27. The zero-order valence-corrected chi connectivity index (χ0v) is 13.1. The van der Waals surface area contributed by atoms with Gasteiger partial charge in [0.2, 0.25) is 0 Å². The molecule has 0 spiro atoms. The Bertz CT molecular complexity index is 495. The number of ether oxygens (including phenoxy) is 1. The van der Waals surface area contributed by atoms with Crippen LogP contribution < -0.4 is 0 Å². The second-order valence-electron chi connectivity index (χ2n) is 6.08. The van der Waals surface area contributed by atoms with Crippen LogP contribution in [0.1, 0.15) is 35.6 Å².